The zero-order valence-corrected chi connectivity index (χ0v) is 29.4. The molecule has 38 heavy (non-hydrogen) atoms. The van der Waals surface area contributed by atoms with Gasteiger partial charge in [-0.25, -0.2) is 0 Å². The van der Waals surface area contributed by atoms with E-state index in [1.54, 1.807) is 0 Å². The van der Waals surface area contributed by atoms with Gasteiger partial charge < -0.3 is 0 Å². The summed E-state index contributed by atoms with van der Waals surface area (Å²) in [5, 5.41) is -2.92. The van der Waals surface area contributed by atoms with E-state index in [1.807, 2.05) is 0 Å². The number of hydrogen-bond donors (Lipinski definition) is 0. The molecule has 3 aromatic rings. The third kappa shape index (κ3) is 3.71. The molecule has 0 atom stereocenters. The molecular weight excluding hydrogens is 792 g/mol. The van der Waals surface area contributed by atoms with Gasteiger partial charge in [0.15, 0.2) is 0 Å². The molecule has 6 rings (SSSR count). The molecule has 0 radical (unpaired) electrons. The maximum atomic E-state index is 6.42. The second kappa shape index (κ2) is 9.19. The molecule has 6 nitrogen and oxygen atoms in total. The largest absolute Gasteiger partial charge is 1.00 e. The van der Waals surface area contributed by atoms with Crippen LogP contribution in [0.2, 0.25) is 60.3 Å². The van der Waals surface area contributed by atoms with Crippen molar-refractivity contribution in [2.75, 3.05) is 0 Å². The molecule has 1 spiro atoms. The average molecular weight is 792 g/mol. The molecule has 3 aliphatic heterocycles. The van der Waals surface area contributed by atoms with Gasteiger partial charge in [-0.1, -0.05) is 0 Å². The minimum Gasteiger partial charge on any atom is 1.00 e. The Morgan fingerprint density at radius 3 is 0.526 bits per heavy atom. The van der Waals surface area contributed by atoms with Crippen LogP contribution in [-0.4, -0.2) is 0 Å². The first-order valence-corrected chi connectivity index (χ1v) is 15.8. The standard InChI is InChI=1S/C18Cl12O6P.Na/c19-1-2(20)8(26)14-13(7(1)25)31-37(32-14,33-15-9(27)3(21)4(22)10(28)16(15)34-37)35-17-11(29)5(23)6(24)12(30)18(17)36-37;/q-1;+1. The van der Waals surface area contributed by atoms with Crippen molar-refractivity contribution in [3.05, 3.63) is 60.3 Å². The summed E-state index contributed by atoms with van der Waals surface area (Å²) in [4.78, 5) is 0. The molecule has 20 heteroatoms. The Morgan fingerprint density at radius 2 is 0.395 bits per heavy atom. The summed E-state index contributed by atoms with van der Waals surface area (Å²) in [6.07, 6.45) is 0. The van der Waals surface area contributed by atoms with E-state index in [4.69, 9.17) is 166 Å². The Morgan fingerprint density at radius 1 is 0.263 bits per heavy atom. The van der Waals surface area contributed by atoms with Crippen LogP contribution in [0.1, 0.15) is 0 Å². The van der Waals surface area contributed by atoms with Crippen molar-refractivity contribution < 1.29 is 56.7 Å². The van der Waals surface area contributed by atoms with Gasteiger partial charge in [-0.05, 0) is 0 Å². The Kier molecular flexibility index (Phi) is 7.45. The van der Waals surface area contributed by atoms with Crippen LogP contribution in [0.15, 0.2) is 0 Å². The number of hydrogen-bond acceptors (Lipinski definition) is 6. The predicted molar refractivity (Wildman–Crippen MR) is 150 cm³/mol. The van der Waals surface area contributed by atoms with Crippen molar-refractivity contribution in [2.24, 2.45) is 0 Å². The second-order valence-corrected chi connectivity index (χ2v) is 15.3. The fourth-order valence-electron chi connectivity index (χ4n) is 3.66. The molecule has 0 unspecified atom stereocenters. The molecule has 0 saturated carbocycles. The summed E-state index contributed by atoms with van der Waals surface area (Å²) in [5.41, 5.74) is 0. The van der Waals surface area contributed by atoms with Crippen LogP contribution in [0.4, 0.5) is 0 Å². The average Bonchev–Trinajstić information content (AvgIpc) is 3.48. The molecule has 0 amide bonds. The maximum Gasteiger partial charge on any atom is 1.00 e. The van der Waals surface area contributed by atoms with Gasteiger partial charge in [0.05, 0.1) is 0 Å². The zero-order valence-electron chi connectivity index (χ0n) is 17.4. The van der Waals surface area contributed by atoms with E-state index in [0.29, 0.717) is 0 Å². The molecule has 0 N–H and O–H groups in total. The van der Waals surface area contributed by atoms with E-state index >= 15 is 0 Å². The Hall–Kier alpha value is 1.37. The van der Waals surface area contributed by atoms with E-state index < -0.39 is 7.31 Å². The predicted octanol–water partition coefficient (Wildman–Crippen LogP) is 9.82. The summed E-state index contributed by atoms with van der Waals surface area (Å²) in [6.45, 7) is 0. The number of halogens is 12. The zero-order chi connectivity index (χ0) is 27.0. The molecule has 198 valence electrons. The molecular formula is C18Cl12NaO6P. The van der Waals surface area contributed by atoms with Crippen molar-refractivity contribution in [1.29, 1.82) is 0 Å². The summed E-state index contributed by atoms with van der Waals surface area (Å²) >= 11 is 75.9. The van der Waals surface area contributed by atoms with Crippen molar-refractivity contribution in [1.82, 2.24) is 0 Å². The van der Waals surface area contributed by atoms with Gasteiger partial charge in [0.25, 0.3) is 0 Å². The summed E-state index contributed by atoms with van der Waals surface area (Å²) in [5.74, 6) is -2.13. The number of rotatable bonds is 0. The maximum absolute atomic E-state index is 6.81. The number of benzene rings is 3. The molecule has 3 heterocycles. The van der Waals surface area contributed by atoms with Gasteiger partial charge in [-0.3, -0.25) is 0 Å². The Balaban J connectivity index is 0.00000294. The third-order valence-corrected chi connectivity index (χ3v) is 13.8. The van der Waals surface area contributed by atoms with Crippen molar-refractivity contribution >= 4 is 147 Å². The number of fused-ring (bicyclic) bond motifs is 3. The van der Waals surface area contributed by atoms with Crippen LogP contribution < -0.4 is 56.7 Å². The van der Waals surface area contributed by atoms with Crippen LogP contribution >= 0.6 is 147 Å². The second-order valence-electron chi connectivity index (χ2n) is 7.41. The normalized spacial score (nSPS) is 19.6. The van der Waals surface area contributed by atoms with E-state index in [1.165, 1.54) is 0 Å². The Bertz CT molecular complexity index is 1360. The molecule has 3 aliphatic rings. The summed E-state index contributed by atoms with van der Waals surface area (Å²) in [6, 6.07) is 0. The topological polar surface area (TPSA) is 55.4 Å². The molecule has 0 fully saturated rings. The summed E-state index contributed by atoms with van der Waals surface area (Å²) in [7, 11) is -6.81. The van der Waals surface area contributed by atoms with Gasteiger partial charge in [0, 0.05) is 0 Å². The van der Waals surface area contributed by atoms with Gasteiger partial charge >= 0.3 is 298 Å². The van der Waals surface area contributed by atoms with E-state index in [0.717, 1.165) is 0 Å². The van der Waals surface area contributed by atoms with E-state index in [9.17, 15) is 0 Å². The molecule has 0 bridgehead atoms. The van der Waals surface area contributed by atoms with E-state index in [-0.39, 0.29) is 124 Å². The Labute approximate surface area is 294 Å². The van der Waals surface area contributed by atoms with Crippen molar-refractivity contribution in [3.8, 4) is 34.5 Å². The first-order valence-electron chi connectivity index (χ1n) is 9.09. The van der Waals surface area contributed by atoms with Crippen LogP contribution in [-0.2, 0) is 0 Å². The van der Waals surface area contributed by atoms with Crippen molar-refractivity contribution in [3.63, 3.8) is 0 Å². The van der Waals surface area contributed by atoms with Gasteiger partial charge in [0.1, 0.15) is 0 Å². The minimum atomic E-state index is -6.81. The SMILES string of the molecule is Clc1c(Cl)c(Cl)c2c(c1Cl)O[P-]13(O2)(Oc2c(Cl)c(Cl)c(Cl)c(Cl)c2O1)Oc1c(Cl)c(Cl)c(Cl)c(Cl)c1O3.[Na+]. The first-order chi connectivity index (χ1) is 17.1. The fourth-order valence-corrected chi connectivity index (χ4v) is 10.5. The van der Waals surface area contributed by atoms with Crippen LogP contribution in [0.5, 0.6) is 34.5 Å². The van der Waals surface area contributed by atoms with Gasteiger partial charge in [0.2, 0.25) is 0 Å². The monoisotopic (exact) mass is 786 g/mol. The molecule has 0 aliphatic carbocycles. The first kappa shape index (κ1) is 30.8. The smallest absolute Gasteiger partial charge is 1.00 e. The minimum absolute atomic E-state index is 0. The van der Waals surface area contributed by atoms with Crippen LogP contribution in [0.3, 0.4) is 0 Å². The summed E-state index contributed by atoms with van der Waals surface area (Å²) < 4.78 is 36.9. The molecule has 0 aromatic heterocycles. The van der Waals surface area contributed by atoms with Gasteiger partial charge in [-0.15, -0.1) is 0 Å². The fraction of sp³-hybridized carbons (Fsp3) is 0. The van der Waals surface area contributed by atoms with Crippen LogP contribution in [0, 0.1) is 0 Å². The quantitative estimate of drug-likeness (QED) is 0.0979. The van der Waals surface area contributed by atoms with E-state index in [2.05, 4.69) is 0 Å². The third-order valence-electron chi connectivity index (χ3n) is 5.21. The molecule has 0 saturated heterocycles. The van der Waals surface area contributed by atoms with Gasteiger partial charge in [-0.2, -0.15) is 0 Å². The van der Waals surface area contributed by atoms with Crippen molar-refractivity contribution in [2.45, 2.75) is 0 Å². The van der Waals surface area contributed by atoms with Crippen LogP contribution in [0.25, 0.3) is 0 Å². The molecule has 3 aromatic carbocycles.